The monoisotopic (exact) mass is 368 g/mol. The lowest BCUT2D eigenvalue weighted by molar-refractivity contribution is -0.105. The van der Waals surface area contributed by atoms with E-state index in [-0.39, 0.29) is 0 Å². The fraction of sp³-hybridized carbons (Fsp3) is 0.333. The van der Waals surface area contributed by atoms with Crippen LogP contribution in [0.5, 0.6) is 5.75 Å². The van der Waals surface area contributed by atoms with Gasteiger partial charge in [0.2, 0.25) is 6.41 Å². The smallest absolute Gasteiger partial charge is 0.419 e. The number of anilines is 1. The molecule has 0 saturated carbocycles. The van der Waals surface area contributed by atoms with E-state index in [1.807, 2.05) is 52.0 Å². The van der Waals surface area contributed by atoms with E-state index >= 15 is 0 Å². The van der Waals surface area contributed by atoms with Gasteiger partial charge in [0.25, 0.3) is 0 Å². The number of benzene rings is 2. The molecule has 3 rings (SSSR count). The zero-order valence-electron chi connectivity index (χ0n) is 16.0. The van der Waals surface area contributed by atoms with Crippen LogP contribution in [0.25, 0.3) is 21.8 Å². The molecule has 142 valence electrons. The highest BCUT2D eigenvalue weighted by Gasteiger charge is 2.23. The van der Waals surface area contributed by atoms with Crippen molar-refractivity contribution < 1.29 is 19.1 Å². The molecule has 0 bridgehead atoms. The van der Waals surface area contributed by atoms with Gasteiger partial charge in [-0.15, -0.1) is 0 Å². The van der Waals surface area contributed by atoms with E-state index < -0.39 is 11.7 Å². The topological polar surface area (TPSA) is 69.6 Å². The number of fused-ring (bicyclic) bond motifs is 3. The Hall–Kier alpha value is -3.02. The molecular weight excluding hydrogens is 344 g/mol. The molecule has 0 aliphatic rings. The predicted octanol–water partition coefficient (Wildman–Crippen LogP) is 4.93. The van der Waals surface area contributed by atoms with Gasteiger partial charge in [0, 0.05) is 22.5 Å². The van der Waals surface area contributed by atoms with Crippen molar-refractivity contribution in [2.45, 2.75) is 39.7 Å². The third-order valence-electron chi connectivity index (χ3n) is 4.01. The van der Waals surface area contributed by atoms with Crippen molar-refractivity contribution in [3.63, 3.8) is 0 Å². The Morgan fingerprint density at radius 2 is 1.78 bits per heavy atom. The molecule has 27 heavy (non-hydrogen) atoms. The number of carbonyl (C=O) groups is 2. The van der Waals surface area contributed by atoms with E-state index in [2.05, 4.69) is 5.32 Å². The summed E-state index contributed by atoms with van der Waals surface area (Å²) in [4.78, 5) is 23.8. The summed E-state index contributed by atoms with van der Waals surface area (Å²) in [6.45, 7) is 8.12. The van der Waals surface area contributed by atoms with Crippen molar-refractivity contribution in [3.8, 4) is 5.75 Å². The van der Waals surface area contributed by atoms with Crippen LogP contribution in [0.1, 0.15) is 34.1 Å². The minimum absolute atomic E-state index is 0.474. The Morgan fingerprint density at radius 3 is 2.41 bits per heavy atom. The van der Waals surface area contributed by atoms with Gasteiger partial charge in [0.1, 0.15) is 11.4 Å². The number of nitrogens with zero attached hydrogens (tertiary/aromatic N) is 1. The number of hydrogen-bond acceptors (Lipinski definition) is 4. The van der Waals surface area contributed by atoms with Crippen molar-refractivity contribution in [2.24, 2.45) is 0 Å². The van der Waals surface area contributed by atoms with Gasteiger partial charge in [-0.05, 0) is 51.5 Å². The SMILES string of the molecule is CCCOc1ccc2c3ccc(NC=O)cc3n(C(=O)OC(C)(C)C)c2c1. The summed E-state index contributed by atoms with van der Waals surface area (Å²) >= 11 is 0. The van der Waals surface area contributed by atoms with E-state index in [1.165, 1.54) is 4.57 Å². The summed E-state index contributed by atoms with van der Waals surface area (Å²) in [5, 5.41) is 4.44. The van der Waals surface area contributed by atoms with Gasteiger partial charge in [-0.3, -0.25) is 4.79 Å². The molecule has 0 saturated heterocycles. The maximum absolute atomic E-state index is 13.0. The molecule has 1 amide bonds. The third kappa shape index (κ3) is 3.89. The zero-order valence-corrected chi connectivity index (χ0v) is 16.0. The van der Waals surface area contributed by atoms with Gasteiger partial charge < -0.3 is 14.8 Å². The van der Waals surface area contributed by atoms with E-state index in [4.69, 9.17) is 9.47 Å². The molecule has 0 unspecified atom stereocenters. The van der Waals surface area contributed by atoms with Crippen molar-refractivity contribution in [1.82, 2.24) is 4.57 Å². The average molecular weight is 368 g/mol. The van der Waals surface area contributed by atoms with Crippen LogP contribution in [0.4, 0.5) is 10.5 Å². The Morgan fingerprint density at radius 1 is 1.11 bits per heavy atom. The van der Waals surface area contributed by atoms with Crippen molar-refractivity contribution >= 4 is 40.0 Å². The van der Waals surface area contributed by atoms with Crippen molar-refractivity contribution in [1.29, 1.82) is 0 Å². The first-order valence-electron chi connectivity index (χ1n) is 8.98. The molecule has 0 spiro atoms. The van der Waals surface area contributed by atoms with Gasteiger partial charge >= 0.3 is 6.09 Å². The summed E-state index contributed by atoms with van der Waals surface area (Å²) in [7, 11) is 0. The molecule has 1 aromatic heterocycles. The predicted molar refractivity (Wildman–Crippen MR) is 107 cm³/mol. The molecule has 0 aliphatic heterocycles. The normalized spacial score (nSPS) is 11.6. The first-order chi connectivity index (χ1) is 12.8. The molecule has 1 N–H and O–H groups in total. The largest absolute Gasteiger partial charge is 0.494 e. The maximum atomic E-state index is 13.0. The number of carbonyl (C=O) groups excluding carboxylic acids is 2. The highest BCUT2D eigenvalue weighted by molar-refractivity contribution is 6.13. The first-order valence-corrected chi connectivity index (χ1v) is 8.98. The maximum Gasteiger partial charge on any atom is 0.419 e. The Balaban J connectivity index is 2.24. The lowest BCUT2D eigenvalue weighted by atomic mass is 10.1. The summed E-state index contributed by atoms with van der Waals surface area (Å²) in [5.74, 6) is 0.697. The van der Waals surface area contributed by atoms with Crippen LogP contribution in [-0.2, 0) is 9.53 Å². The number of nitrogens with one attached hydrogen (secondary N) is 1. The van der Waals surface area contributed by atoms with Crippen LogP contribution < -0.4 is 10.1 Å². The fourth-order valence-electron chi connectivity index (χ4n) is 2.97. The summed E-state index contributed by atoms with van der Waals surface area (Å²) in [6.07, 6.45) is 1.03. The summed E-state index contributed by atoms with van der Waals surface area (Å²) < 4.78 is 12.9. The zero-order chi connectivity index (χ0) is 19.6. The molecule has 3 aromatic rings. The van der Waals surface area contributed by atoms with Gasteiger partial charge in [-0.2, -0.15) is 0 Å². The fourth-order valence-corrected chi connectivity index (χ4v) is 2.97. The van der Waals surface area contributed by atoms with E-state index in [0.717, 1.165) is 17.2 Å². The molecule has 0 atom stereocenters. The second kappa shape index (κ2) is 7.31. The van der Waals surface area contributed by atoms with Crippen LogP contribution in [0.2, 0.25) is 0 Å². The molecular formula is C21H24N2O4. The highest BCUT2D eigenvalue weighted by atomic mass is 16.6. The van der Waals surface area contributed by atoms with Gasteiger partial charge in [-0.1, -0.05) is 13.0 Å². The number of aromatic nitrogens is 1. The van der Waals surface area contributed by atoms with Gasteiger partial charge in [0.15, 0.2) is 0 Å². The average Bonchev–Trinajstić information content (AvgIpc) is 2.91. The molecule has 0 aliphatic carbocycles. The molecule has 0 radical (unpaired) electrons. The van der Waals surface area contributed by atoms with Crippen LogP contribution >= 0.6 is 0 Å². The number of amides is 1. The Labute approximate surface area is 158 Å². The minimum Gasteiger partial charge on any atom is -0.494 e. The number of rotatable bonds is 5. The highest BCUT2D eigenvalue weighted by Crippen LogP contribution is 2.33. The number of hydrogen-bond donors (Lipinski definition) is 1. The van der Waals surface area contributed by atoms with E-state index in [9.17, 15) is 9.59 Å². The summed E-state index contributed by atoms with van der Waals surface area (Å²) in [6, 6.07) is 11.1. The van der Waals surface area contributed by atoms with Crippen LogP contribution in [0, 0.1) is 0 Å². The molecule has 6 heteroatoms. The summed E-state index contributed by atoms with van der Waals surface area (Å²) in [5.41, 5.74) is 1.34. The quantitative estimate of drug-likeness (QED) is 0.648. The van der Waals surface area contributed by atoms with Gasteiger partial charge in [0.05, 0.1) is 17.6 Å². The molecule has 6 nitrogen and oxygen atoms in total. The van der Waals surface area contributed by atoms with E-state index in [0.29, 0.717) is 35.5 Å². The standard InChI is InChI=1S/C21H24N2O4/c1-5-10-26-15-7-9-17-16-8-6-14(22-13-24)11-18(16)23(19(17)12-15)20(25)27-21(2,3)4/h6-9,11-13H,5,10H2,1-4H3,(H,22,24). The van der Waals surface area contributed by atoms with Crippen LogP contribution in [0.15, 0.2) is 36.4 Å². The third-order valence-corrected chi connectivity index (χ3v) is 4.01. The van der Waals surface area contributed by atoms with Crippen molar-refractivity contribution in [3.05, 3.63) is 36.4 Å². The van der Waals surface area contributed by atoms with Crippen LogP contribution in [-0.4, -0.2) is 29.3 Å². The Bertz CT molecular complexity index is 999. The second-order valence-corrected chi connectivity index (χ2v) is 7.34. The lowest BCUT2D eigenvalue weighted by Gasteiger charge is -2.20. The second-order valence-electron chi connectivity index (χ2n) is 7.34. The van der Waals surface area contributed by atoms with Gasteiger partial charge in [-0.25, -0.2) is 9.36 Å². The minimum atomic E-state index is -0.630. The number of ether oxygens (including phenoxy) is 2. The molecule has 2 aromatic carbocycles. The van der Waals surface area contributed by atoms with Crippen LogP contribution in [0.3, 0.4) is 0 Å². The lowest BCUT2D eigenvalue weighted by Crippen LogP contribution is -2.27. The Kier molecular flexibility index (Phi) is 5.08. The first kappa shape index (κ1) is 18.8. The molecule has 0 fully saturated rings. The van der Waals surface area contributed by atoms with E-state index in [1.54, 1.807) is 12.1 Å². The van der Waals surface area contributed by atoms with Crippen molar-refractivity contribution in [2.75, 3.05) is 11.9 Å². The molecule has 1 heterocycles.